The number of hydrogen-bond acceptors (Lipinski definition) is 6. The van der Waals surface area contributed by atoms with Crippen LogP contribution >= 0.6 is 0 Å². The zero-order valence-electron chi connectivity index (χ0n) is 21.3. The lowest BCUT2D eigenvalue weighted by molar-refractivity contribution is -0.220. The van der Waals surface area contributed by atoms with Crippen molar-refractivity contribution in [2.75, 3.05) is 6.61 Å². The van der Waals surface area contributed by atoms with Crippen LogP contribution in [0.2, 0.25) is 0 Å². The summed E-state index contributed by atoms with van der Waals surface area (Å²) >= 11 is 0. The maximum atomic E-state index is 17.2. The van der Waals surface area contributed by atoms with E-state index in [0.717, 1.165) is 12.8 Å². The van der Waals surface area contributed by atoms with E-state index in [2.05, 4.69) is 0 Å². The first-order valence-electron chi connectivity index (χ1n) is 13.1. The molecule has 0 radical (unpaired) electrons. The van der Waals surface area contributed by atoms with E-state index in [1.807, 2.05) is 6.92 Å². The highest BCUT2D eigenvalue weighted by atomic mass is 19.1. The van der Waals surface area contributed by atoms with Crippen LogP contribution in [0, 0.1) is 28.6 Å². The van der Waals surface area contributed by atoms with Crippen LogP contribution in [-0.2, 0) is 19.1 Å². The summed E-state index contributed by atoms with van der Waals surface area (Å²) in [5.74, 6) is -2.63. The van der Waals surface area contributed by atoms with E-state index < -0.39 is 58.4 Å². The quantitative estimate of drug-likeness (QED) is 0.413. The van der Waals surface area contributed by atoms with Gasteiger partial charge in [0, 0.05) is 23.2 Å². The topological polar surface area (TPSA) is 101 Å². The third-order valence-electron chi connectivity index (χ3n) is 10.00. The number of carbonyl (C=O) groups excluding carboxylic acids is 3. The van der Waals surface area contributed by atoms with Crippen LogP contribution in [0.25, 0.3) is 0 Å². The average molecular weight is 491 g/mol. The molecule has 0 aromatic rings. The fourth-order valence-electron chi connectivity index (χ4n) is 7.99. The molecule has 1 unspecified atom stereocenters. The maximum absolute atomic E-state index is 17.2. The minimum Gasteiger partial charge on any atom is -0.458 e. The van der Waals surface area contributed by atoms with Gasteiger partial charge in [0.1, 0.15) is 5.60 Å². The van der Waals surface area contributed by atoms with Crippen molar-refractivity contribution in [1.29, 1.82) is 0 Å². The first-order chi connectivity index (χ1) is 16.4. The largest absolute Gasteiger partial charge is 0.458 e. The number of halogens is 1. The van der Waals surface area contributed by atoms with Crippen LogP contribution in [0.3, 0.4) is 0 Å². The molecule has 0 aromatic carbocycles. The van der Waals surface area contributed by atoms with Crippen molar-refractivity contribution < 1.29 is 33.7 Å². The first-order valence-corrected chi connectivity index (χ1v) is 13.1. The van der Waals surface area contributed by atoms with E-state index in [9.17, 15) is 24.6 Å². The molecule has 2 N–H and O–H groups in total. The summed E-state index contributed by atoms with van der Waals surface area (Å²) < 4.78 is 22.4. The Bertz CT molecular complexity index is 972. The van der Waals surface area contributed by atoms with Crippen LogP contribution in [0.5, 0.6) is 0 Å². The van der Waals surface area contributed by atoms with E-state index in [1.165, 1.54) is 12.2 Å². The Balaban J connectivity index is 1.61. The van der Waals surface area contributed by atoms with Crippen molar-refractivity contribution in [2.45, 2.75) is 96.4 Å². The lowest BCUT2D eigenvalue weighted by Crippen LogP contribution is -2.69. The van der Waals surface area contributed by atoms with Crippen LogP contribution in [0.1, 0.15) is 79.1 Å². The number of hydrogen-bond donors (Lipinski definition) is 2. The molecule has 4 aliphatic carbocycles. The molecule has 4 aliphatic rings. The predicted molar refractivity (Wildman–Crippen MR) is 128 cm³/mol. The minimum atomic E-state index is -2.02. The molecule has 0 saturated heterocycles. The molecule has 194 valence electrons. The van der Waals surface area contributed by atoms with Crippen LogP contribution < -0.4 is 0 Å². The Hall–Kier alpha value is -1.86. The summed E-state index contributed by atoms with van der Waals surface area (Å²) in [6.07, 6.45) is 7.10. The van der Waals surface area contributed by atoms with Gasteiger partial charge in [0.15, 0.2) is 18.1 Å². The summed E-state index contributed by atoms with van der Waals surface area (Å²) in [6.45, 7) is 6.81. The Morgan fingerprint density at radius 2 is 1.94 bits per heavy atom. The van der Waals surface area contributed by atoms with Gasteiger partial charge in [-0.2, -0.15) is 0 Å². The van der Waals surface area contributed by atoms with E-state index in [-0.39, 0.29) is 24.5 Å². The number of unbranched alkanes of at least 4 members (excludes halogenated alkanes) is 2. The van der Waals surface area contributed by atoms with E-state index in [4.69, 9.17) is 4.74 Å². The minimum absolute atomic E-state index is 0.0909. The van der Waals surface area contributed by atoms with Crippen molar-refractivity contribution in [3.63, 3.8) is 0 Å². The number of fused-ring (bicyclic) bond motifs is 5. The third kappa shape index (κ3) is 3.59. The number of rotatable bonds is 7. The summed E-state index contributed by atoms with van der Waals surface area (Å²) in [5.41, 5.74) is -5.34. The van der Waals surface area contributed by atoms with E-state index in [1.54, 1.807) is 26.8 Å². The normalized spacial score (nSPS) is 44.2. The molecule has 0 aromatic heterocycles. The highest BCUT2D eigenvalue weighted by Gasteiger charge is 2.75. The molecule has 3 fully saturated rings. The number of esters is 1. The lowest BCUT2D eigenvalue weighted by Gasteiger charge is -2.62. The Labute approximate surface area is 207 Å². The molecule has 6 nitrogen and oxygen atoms in total. The number of Topliss-reactive ketones (excluding diaryl/α,β-unsaturated/α-hetero) is 1. The van der Waals surface area contributed by atoms with Gasteiger partial charge in [0.05, 0.1) is 6.10 Å². The lowest BCUT2D eigenvalue weighted by atomic mass is 9.44. The van der Waals surface area contributed by atoms with Crippen molar-refractivity contribution in [2.24, 2.45) is 28.6 Å². The monoisotopic (exact) mass is 490 g/mol. The van der Waals surface area contributed by atoms with Crippen LogP contribution in [-0.4, -0.2) is 51.7 Å². The van der Waals surface area contributed by atoms with Gasteiger partial charge in [-0.1, -0.05) is 45.3 Å². The number of ether oxygens (including phenoxy) is 1. The van der Waals surface area contributed by atoms with E-state index in [0.29, 0.717) is 31.3 Å². The van der Waals surface area contributed by atoms with Gasteiger partial charge in [-0.05, 0) is 63.0 Å². The number of allylic oxidation sites excluding steroid dienone is 4. The molecule has 0 aliphatic heterocycles. The fraction of sp³-hybridized carbons (Fsp3) is 0.750. The zero-order chi connectivity index (χ0) is 25.8. The molecule has 0 bridgehead atoms. The molecule has 8 atom stereocenters. The standard InChI is InChI=1S/C28H39FO6/c1-5-6-7-8-24(33)35-16-23(32)28(34)17(2)13-21-20-10-9-18-14-19(30)11-12-25(18,3)27(20,29)22(31)15-26(21,28)4/h11-12,14,17,20-22,31,34H,5-10,13,15-16H2,1-4H3/t17-,20-,21-,22-,25-,26-,27?,28-/m0/s1. The van der Waals surface area contributed by atoms with Crippen molar-refractivity contribution in [1.82, 2.24) is 0 Å². The SMILES string of the molecule is CCCCCC(=O)OCC(=O)[C@@]1(O)[C@@H](C)C[C@H]2[C@@H]3CCC4=CC(=O)C=C[C@]4(C)C3(F)[C@@H](O)C[C@@]21C. The van der Waals surface area contributed by atoms with Crippen LogP contribution in [0.4, 0.5) is 4.39 Å². The van der Waals surface area contributed by atoms with Gasteiger partial charge in [-0.3, -0.25) is 14.4 Å². The second kappa shape index (κ2) is 8.91. The van der Waals surface area contributed by atoms with Crippen molar-refractivity contribution in [3.8, 4) is 0 Å². The number of carbonyl (C=O) groups is 3. The van der Waals surface area contributed by atoms with E-state index >= 15 is 4.39 Å². The Morgan fingerprint density at radius 3 is 2.63 bits per heavy atom. The molecule has 3 saturated carbocycles. The van der Waals surface area contributed by atoms with Gasteiger partial charge >= 0.3 is 5.97 Å². The fourth-order valence-corrected chi connectivity index (χ4v) is 7.99. The van der Waals surface area contributed by atoms with Gasteiger partial charge in [-0.25, -0.2) is 4.39 Å². The molecule has 0 spiro atoms. The maximum Gasteiger partial charge on any atom is 0.306 e. The summed E-state index contributed by atoms with van der Waals surface area (Å²) in [6, 6.07) is 0. The summed E-state index contributed by atoms with van der Waals surface area (Å²) in [7, 11) is 0. The third-order valence-corrected chi connectivity index (χ3v) is 10.00. The Morgan fingerprint density at radius 1 is 1.23 bits per heavy atom. The van der Waals surface area contributed by atoms with Crippen LogP contribution in [0.15, 0.2) is 23.8 Å². The van der Waals surface area contributed by atoms with Gasteiger partial charge < -0.3 is 14.9 Å². The number of alkyl halides is 1. The molecular formula is C28H39FO6. The molecule has 0 heterocycles. The second-order valence-electron chi connectivity index (χ2n) is 11.7. The molecule has 0 amide bonds. The van der Waals surface area contributed by atoms with Gasteiger partial charge in [0.25, 0.3) is 0 Å². The second-order valence-corrected chi connectivity index (χ2v) is 11.7. The smallest absolute Gasteiger partial charge is 0.306 e. The van der Waals surface area contributed by atoms with Crippen molar-refractivity contribution >= 4 is 17.5 Å². The molecule has 7 heteroatoms. The highest BCUT2D eigenvalue weighted by molar-refractivity contribution is 6.01. The highest BCUT2D eigenvalue weighted by Crippen LogP contribution is 2.70. The predicted octanol–water partition coefficient (Wildman–Crippen LogP) is 4.03. The average Bonchev–Trinajstić information content (AvgIpc) is 3.00. The molecular weight excluding hydrogens is 451 g/mol. The number of aliphatic hydroxyl groups excluding tert-OH is 1. The molecule has 35 heavy (non-hydrogen) atoms. The van der Waals surface area contributed by atoms with Crippen molar-refractivity contribution in [3.05, 3.63) is 23.8 Å². The molecule has 4 rings (SSSR count). The van der Waals surface area contributed by atoms with Gasteiger partial charge in [0.2, 0.25) is 5.78 Å². The summed E-state index contributed by atoms with van der Waals surface area (Å²) in [4.78, 5) is 37.4. The Kier molecular flexibility index (Phi) is 6.67. The first kappa shape index (κ1) is 26.2. The zero-order valence-corrected chi connectivity index (χ0v) is 21.3. The number of aliphatic hydroxyl groups is 2. The van der Waals surface area contributed by atoms with Gasteiger partial charge in [-0.15, -0.1) is 0 Å². The number of ketones is 2. The summed E-state index contributed by atoms with van der Waals surface area (Å²) in [5, 5.41) is 23.2.